The molecule has 0 saturated carbocycles. The zero-order chi connectivity index (χ0) is 19.8. The molecule has 1 atom stereocenters. The van der Waals surface area contributed by atoms with Crippen molar-refractivity contribution in [2.75, 3.05) is 32.6 Å². The lowest BCUT2D eigenvalue weighted by Crippen LogP contribution is -2.43. The minimum Gasteiger partial charge on any atom is -0.469 e. The average molecular weight is 397 g/mol. The topological polar surface area (TPSA) is 119 Å². The fraction of sp³-hybridized carbons (Fsp3) is 0.588. The van der Waals surface area contributed by atoms with Crippen molar-refractivity contribution in [2.45, 2.75) is 31.3 Å². The molecule has 0 radical (unpaired) electrons. The summed E-state index contributed by atoms with van der Waals surface area (Å²) in [5.74, 6) is -1.15. The van der Waals surface area contributed by atoms with E-state index >= 15 is 0 Å². The van der Waals surface area contributed by atoms with E-state index in [9.17, 15) is 19.2 Å². The number of aromatic amines is 1. The predicted molar refractivity (Wildman–Crippen MR) is 97.2 cm³/mol. The molecule has 1 aliphatic rings. The highest BCUT2D eigenvalue weighted by Gasteiger charge is 2.29. The molecule has 1 aromatic rings. The minimum absolute atomic E-state index is 0.0696. The molecule has 2 heterocycles. The van der Waals surface area contributed by atoms with Crippen LogP contribution in [0.25, 0.3) is 0 Å². The Bertz CT molecular complexity index is 750. The Labute approximate surface area is 160 Å². The number of likely N-dealkylation sites (tertiary alicyclic amines) is 1. The number of hydrogen-bond donors (Lipinski definition) is 1. The number of ether oxygens (including phenoxy) is 2. The van der Waals surface area contributed by atoms with Crippen molar-refractivity contribution >= 4 is 29.6 Å². The average Bonchev–Trinajstić information content (AvgIpc) is 2.65. The monoisotopic (exact) mass is 397 g/mol. The number of aromatic nitrogens is 2. The predicted octanol–water partition coefficient (Wildman–Crippen LogP) is 0.379. The van der Waals surface area contributed by atoms with Crippen LogP contribution in [0.3, 0.4) is 0 Å². The van der Waals surface area contributed by atoms with Gasteiger partial charge in [-0.15, -0.1) is 0 Å². The maximum atomic E-state index is 12.5. The third kappa shape index (κ3) is 6.38. The van der Waals surface area contributed by atoms with Crippen LogP contribution < -0.4 is 5.56 Å². The van der Waals surface area contributed by atoms with Crippen molar-refractivity contribution in [3.05, 3.63) is 22.1 Å². The molecule has 0 aromatic carbocycles. The van der Waals surface area contributed by atoms with Crippen molar-refractivity contribution in [3.63, 3.8) is 0 Å². The molecule has 0 unspecified atom stereocenters. The Hall–Kier alpha value is -2.36. The van der Waals surface area contributed by atoms with Crippen LogP contribution in [0.5, 0.6) is 0 Å². The molecular formula is C17H23N3O6S. The molecule has 0 aliphatic carbocycles. The highest BCUT2D eigenvalue weighted by Crippen LogP contribution is 2.20. The largest absolute Gasteiger partial charge is 0.469 e. The van der Waals surface area contributed by atoms with Gasteiger partial charge in [0, 0.05) is 19.2 Å². The van der Waals surface area contributed by atoms with Crippen molar-refractivity contribution < 1.29 is 23.9 Å². The second-order valence-corrected chi connectivity index (χ2v) is 6.98. The van der Waals surface area contributed by atoms with E-state index in [-0.39, 0.29) is 40.8 Å². The quantitative estimate of drug-likeness (QED) is 0.398. The zero-order valence-corrected chi connectivity index (χ0v) is 16.2. The first-order valence-electron chi connectivity index (χ1n) is 8.67. The fourth-order valence-corrected chi connectivity index (χ4v) is 3.54. The molecule has 2 rings (SSSR count). The molecule has 27 heavy (non-hydrogen) atoms. The zero-order valence-electron chi connectivity index (χ0n) is 15.4. The number of nitrogens with zero attached hydrogens (tertiary/aromatic N) is 2. The number of rotatable bonds is 7. The number of esters is 2. The van der Waals surface area contributed by atoms with E-state index in [2.05, 4.69) is 14.7 Å². The van der Waals surface area contributed by atoms with E-state index in [1.165, 1.54) is 13.2 Å². The molecule has 1 aromatic heterocycles. The van der Waals surface area contributed by atoms with Gasteiger partial charge in [0.2, 0.25) is 5.91 Å². The van der Waals surface area contributed by atoms with Crippen LogP contribution in [-0.4, -0.2) is 65.3 Å². The number of thioether (sulfide) groups is 1. The summed E-state index contributed by atoms with van der Waals surface area (Å²) in [5, 5.41) is 0.258. The van der Waals surface area contributed by atoms with E-state index in [4.69, 9.17) is 4.74 Å². The Morgan fingerprint density at radius 1 is 1.41 bits per heavy atom. The minimum atomic E-state index is -0.501. The lowest BCUT2D eigenvalue weighted by Gasteiger charge is -2.31. The first-order chi connectivity index (χ1) is 12.9. The van der Waals surface area contributed by atoms with Crippen LogP contribution in [-0.2, 0) is 30.3 Å². The van der Waals surface area contributed by atoms with Crippen LogP contribution in [0.15, 0.2) is 16.0 Å². The van der Waals surface area contributed by atoms with Gasteiger partial charge in [0.15, 0.2) is 5.16 Å². The van der Waals surface area contributed by atoms with Crippen LogP contribution in [0.1, 0.15) is 25.5 Å². The van der Waals surface area contributed by atoms with E-state index < -0.39 is 11.5 Å². The number of carbonyl (C=O) groups excluding carboxylic acids is 3. The molecule has 1 N–H and O–H groups in total. The van der Waals surface area contributed by atoms with Crippen LogP contribution in [0.2, 0.25) is 0 Å². The number of nitrogens with one attached hydrogen (secondary N) is 1. The first kappa shape index (κ1) is 20.9. The highest BCUT2D eigenvalue weighted by atomic mass is 32.2. The third-order valence-electron chi connectivity index (χ3n) is 4.05. The number of H-pyrrole nitrogens is 1. The van der Waals surface area contributed by atoms with Crippen LogP contribution >= 0.6 is 11.8 Å². The molecule has 0 bridgehead atoms. The molecule has 10 heteroatoms. The van der Waals surface area contributed by atoms with Gasteiger partial charge >= 0.3 is 11.9 Å². The lowest BCUT2D eigenvalue weighted by molar-refractivity contribution is -0.151. The molecule has 1 aliphatic heterocycles. The summed E-state index contributed by atoms with van der Waals surface area (Å²) >= 11 is 1.08. The summed E-state index contributed by atoms with van der Waals surface area (Å²) in [4.78, 5) is 55.7. The van der Waals surface area contributed by atoms with Crippen molar-refractivity contribution in [2.24, 2.45) is 5.92 Å². The van der Waals surface area contributed by atoms with Gasteiger partial charge in [-0.25, -0.2) is 4.98 Å². The van der Waals surface area contributed by atoms with Gasteiger partial charge in [-0.2, -0.15) is 0 Å². The van der Waals surface area contributed by atoms with Gasteiger partial charge in [0.05, 0.1) is 37.5 Å². The Morgan fingerprint density at radius 3 is 2.89 bits per heavy atom. The van der Waals surface area contributed by atoms with Crippen LogP contribution in [0.4, 0.5) is 0 Å². The van der Waals surface area contributed by atoms with E-state index in [1.807, 2.05) is 0 Å². The van der Waals surface area contributed by atoms with Gasteiger partial charge in [0.25, 0.3) is 5.56 Å². The lowest BCUT2D eigenvalue weighted by atomic mass is 9.98. The van der Waals surface area contributed by atoms with E-state index in [1.54, 1.807) is 11.8 Å². The standard InChI is InChI=1S/C17H23N3O6S/c1-3-26-16(24)11-5-4-6-20(9-11)14(22)10-27-17-18-12(7-13(21)19-17)8-15(23)25-2/h7,11H,3-6,8-10H2,1-2H3,(H,18,19,21)/t11-/m1/s1. The van der Waals surface area contributed by atoms with Crippen molar-refractivity contribution in [1.29, 1.82) is 0 Å². The van der Waals surface area contributed by atoms with Crippen LogP contribution in [0, 0.1) is 5.92 Å². The first-order valence-corrected chi connectivity index (χ1v) is 9.65. The Morgan fingerprint density at radius 2 is 2.19 bits per heavy atom. The molecular weight excluding hydrogens is 374 g/mol. The van der Waals surface area contributed by atoms with Crippen molar-refractivity contribution in [1.82, 2.24) is 14.9 Å². The molecule has 1 amide bonds. The second-order valence-electron chi connectivity index (χ2n) is 6.01. The smallest absolute Gasteiger partial charge is 0.311 e. The van der Waals surface area contributed by atoms with Crippen molar-refractivity contribution in [3.8, 4) is 0 Å². The number of carbonyl (C=O) groups is 3. The number of piperidine rings is 1. The SMILES string of the molecule is CCOC(=O)[C@@H]1CCCN(C(=O)CSc2nc(CC(=O)OC)cc(=O)[nH]2)C1. The summed E-state index contributed by atoms with van der Waals surface area (Å²) in [7, 11) is 1.26. The molecule has 148 valence electrons. The normalized spacial score (nSPS) is 16.7. The number of methoxy groups -OCH3 is 1. The summed E-state index contributed by atoms with van der Waals surface area (Å²) in [6.45, 7) is 2.99. The maximum absolute atomic E-state index is 12.5. The van der Waals surface area contributed by atoms with Gasteiger partial charge in [-0.1, -0.05) is 11.8 Å². The Kier molecular flexibility index (Phi) is 7.83. The number of amides is 1. The van der Waals surface area contributed by atoms with Gasteiger partial charge in [-0.05, 0) is 19.8 Å². The summed E-state index contributed by atoms with van der Waals surface area (Å²) in [6.07, 6.45) is 1.33. The van der Waals surface area contributed by atoms with Gasteiger partial charge in [-0.3, -0.25) is 19.2 Å². The van der Waals surface area contributed by atoms with E-state index in [0.717, 1.165) is 18.2 Å². The maximum Gasteiger partial charge on any atom is 0.311 e. The summed E-state index contributed by atoms with van der Waals surface area (Å²) in [5.41, 5.74) is -0.125. The molecule has 1 saturated heterocycles. The van der Waals surface area contributed by atoms with Gasteiger partial charge < -0.3 is 19.4 Å². The Balaban J connectivity index is 1.94. The molecule has 1 fully saturated rings. The third-order valence-corrected chi connectivity index (χ3v) is 4.91. The molecule has 9 nitrogen and oxygen atoms in total. The molecule has 0 spiro atoms. The second kappa shape index (κ2) is 10.1. The number of hydrogen-bond acceptors (Lipinski definition) is 8. The summed E-state index contributed by atoms with van der Waals surface area (Å²) in [6, 6.07) is 1.22. The summed E-state index contributed by atoms with van der Waals surface area (Å²) < 4.78 is 9.60. The highest BCUT2D eigenvalue weighted by molar-refractivity contribution is 7.99. The fourth-order valence-electron chi connectivity index (χ4n) is 2.74. The van der Waals surface area contributed by atoms with E-state index in [0.29, 0.717) is 26.1 Å². The van der Waals surface area contributed by atoms with Gasteiger partial charge in [0.1, 0.15) is 0 Å².